The molecule has 1 atom stereocenters. The third-order valence-electron chi connectivity index (χ3n) is 3.93. The molecule has 2 aromatic heterocycles. The van der Waals surface area contributed by atoms with Gasteiger partial charge in [0.2, 0.25) is 5.89 Å². The molecule has 0 amide bonds. The third-order valence-corrected chi connectivity index (χ3v) is 3.93. The summed E-state index contributed by atoms with van der Waals surface area (Å²) in [5.74, 6) is 2.35. The Hall–Kier alpha value is -1.73. The summed E-state index contributed by atoms with van der Waals surface area (Å²) in [6, 6.07) is 2.43. The fraction of sp³-hybridized carbons (Fsp3) is 0.667. The van der Waals surface area contributed by atoms with E-state index in [-0.39, 0.29) is 0 Å². The molecule has 0 radical (unpaired) electrons. The highest BCUT2D eigenvalue weighted by atomic mass is 16.5. The van der Waals surface area contributed by atoms with Gasteiger partial charge in [-0.1, -0.05) is 17.2 Å². The molecule has 120 valence electrons. The lowest BCUT2D eigenvalue weighted by Crippen LogP contribution is -2.45. The number of rotatable bonds is 6. The van der Waals surface area contributed by atoms with E-state index < -0.39 is 0 Å². The molecule has 1 aliphatic heterocycles. The van der Waals surface area contributed by atoms with Gasteiger partial charge in [-0.05, 0) is 26.3 Å². The van der Waals surface area contributed by atoms with Crippen LogP contribution in [0.5, 0.6) is 0 Å². The molecule has 1 N–H and O–H groups in total. The van der Waals surface area contributed by atoms with E-state index in [2.05, 4.69) is 25.5 Å². The maximum atomic E-state index is 5.17. The number of nitrogens with zero attached hydrogens (tertiary/aromatic N) is 4. The topological polar surface area (TPSA) is 80.2 Å². The minimum Gasteiger partial charge on any atom is -0.361 e. The second-order valence-corrected chi connectivity index (χ2v) is 5.84. The smallest absolute Gasteiger partial charge is 0.226 e. The summed E-state index contributed by atoms with van der Waals surface area (Å²) in [7, 11) is 0. The molecule has 0 aromatic carbocycles. The van der Waals surface area contributed by atoms with Crippen molar-refractivity contribution < 1.29 is 9.05 Å². The lowest BCUT2D eigenvalue weighted by molar-refractivity contribution is 0.176. The van der Waals surface area contributed by atoms with Crippen molar-refractivity contribution in [3.05, 3.63) is 29.2 Å². The summed E-state index contributed by atoms with van der Waals surface area (Å²) < 4.78 is 10.3. The molecule has 0 spiro atoms. The van der Waals surface area contributed by atoms with Gasteiger partial charge in [-0.3, -0.25) is 4.90 Å². The Morgan fingerprint density at radius 1 is 1.36 bits per heavy atom. The third kappa shape index (κ3) is 3.92. The number of aryl methyl sites for hydroxylation is 2. The van der Waals surface area contributed by atoms with Crippen LogP contribution in [0, 0.1) is 6.92 Å². The van der Waals surface area contributed by atoms with Crippen LogP contribution in [0.2, 0.25) is 0 Å². The minimum absolute atomic E-state index is 0.461. The predicted molar refractivity (Wildman–Crippen MR) is 80.1 cm³/mol. The number of hydrogen-bond acceptors (Lipinski definition) is 7. The molecule has 3 heterocycles. The average Bonchev–Trinajstić information content (AvgIpc) is 3.14. The maximum Gasteiger partial charge on any atom is 0.226 e. The molecule has 1 saturated heterocycles. The zero-order chi connectivity index (χ0) is 15.4. The highest BCUT2D eigenvalue weighted by Gasteiger charge is 2.21. The van der Waals surface area contributed by atoms with Gasteiger partial charge in [-0.15, -0.1) is 0 Å². The van der Waals surface area contributed by atoms with Crippen molar-refractivity contribution in [2.24, 2.45) is 0 Å². The second-order valence-electron chi connectivity index (χ2n) is 5.84. The normalized spacial score (nSPS) is 19.6. The molecule has 1 unspecified atom stereocenters. The molecule has 1 fully saturated rings. The summed E-state index contributed by atoms with van der Waals surface area (Å²) >= 11 is 0. The first-order valence-electron chi connectivity index (χ1n) is 7.92. The number of nitrogens with one attached hydrogen (secondary N) is 1. The van der Waals surface area contributed by atoms with Crippen LogP contribution in [0.25, 0.3) is 0 Å². The summed E-state index contributed by atoms with van der Waals surface area (Å²) in [4.78, 5) is 6.76. The zero-order valence-electron chi connectivity index (χ0n) is 13.2. The molecule has 3 rings (SSSR count). The van der Waals surface area contributed by atoms with Gasteiger partial charge in [-0.25, -0.2) is 0 Å². The summed E-state index contributed by atoms with van der Waals surface area (Å²) in [5, 5.41) is 11.6. The lowest BCUT2D eigenvalue weighted by atomic mass is 10.1. The first-order chi connectivity index (χ1) is 10.7. The SMILES string of the molecule is CCc1nc(CN2CCCC(NCc3cc(C)on3)C2)no1. The van der Waals surface area contributed by atoms with Gasteiger partial charge in [-0.2, -0.15) is 4.98 Å². The Balaban J connectivity index is 1.48. The molecule has 7 nitrogen and oxygen atoms in total. The van der Waals surface area contributed by atoms with Gasteiger partial charge in [0.25, 0.3) is 0 Å². The van der Waals surface area contributed by atoms with Crippen LogP contribution in [-0.4, -0.2) is 39.3 Å². The highest BCUT2D eigenvalue weighted by Crippen LogP contribution is 2.13. The first kappa shape index (κ1) is 15.2. The van der Waals surface area contributed by atoms with Gasteiger partial charge in [0, 0.05) is 31.6 Å². The average molecular weight is 305 g/mol. The summed E-state index contributed by atoms with van der Waals surface area (Å²) in [5.41, 5.74) is 0.959. The van der Waals surface area contributed by atoms with Gasteiger partial charge in [0.05, 0.1) is 12.2 Å². The van der Waals surface area contributed by atoms with Crippen molar-refractivity contribution in [1.29, 1.82) is 0 Å². The molecule has 0 bridgehead atoms. The van der Waals surface area contributed by atoms with Crippen molar-refractivity contribution in [2.45, 2.75) is 52.2 Å². The van der Waals surface area contributed by atoms with E-state index in [1.54, 1.807) is 0 Å². The van der Waals surface area contributed by atoms with Crippen molar-refractivity contribution >= 4 is 0 Å². The Morgan fingerprint density at radius 2 is 2.27 bits per heavy atom. The second kappa shape index (κ2) is 7.02. The quantitative estimate of drug-likeness (QED) is 0.869. The number of hydrogen-bond donors (Lipinski definition) is 1. The van der Waals surface area contributed by atoms with Crippen LogP contribution in [0.15, 0.2) is 15.1 Å². The molecule has 0 aliphatic carbocycles. The van der Waals surface area contributed by atoms with Crippen LogP contribution in [0.3, 0.4) is 0 Å². The van der Waals surface area contributed by atoms with E-state index in [9.17, 15) is 0 Å². The van der Waals surface area contributed by atoms with Crippen LogP contribution in [0.4, 0.5) is 0 Å². The molecule has 22 heavy (non-hydrogen) atoms. The van der Waals surface area contributed by atoms with Gasteiger partial charge >= 0.3 is 0 Å². The van der Waals surface area contributed by atoms with Crippen LogP contribution in [0.1, 0.15) is 42.9 Å². The van der Waals surface area contributed by atoms with E-state index in [1.165, 1.54) is 12.8 Å². The number of piperidine rings is 1. The van der Waals surface area contributed by atoms with Crippen LogP contribution >= 0.6 is 0 Å². The Labute approximate surface area is 130 Å². The van der Waals surface area contributed by atoms with Crippen molar-refractivity contribution in [3.63, 3.8) is 0 Å². The molecular formula is C15H23N5O2. The monoisotopic (exact) mass is 305 g/mol. The standard InChI is InChI=1S/C15H23N5O2/c1-3-15-17-14(19-22-15)10-20-6-4-5-12(9-20)16-8-13-7-11(2)21-18-13/h7,12,16H,3-6,8-10H2,1-2H3. The Bertz CT molecular complexity index is 594. The summed E-state index contributed by atoms with van der Waals surface area (Å²) in [6.45, 7) is 7.50. The number of likely N-dealkylation sites (tertiary alicyclic amines) is 1. The van der Waals surface area contributed by atoms with Gasteiger partial charge < -0.3 is 14.4 Å². The molecule has 7 heteroatoms. The predicted octanol–water partition coefficient (Wildman–Crippen LogP) is 1.68. The highest BCUT2D eigenvalue weighted by molar-refractivity contribution is 5.03. The van der Waals surface area contributed by atoms with Gasteiger partial charge in [0.1, 0.15) is 5.76 Å². The Kier molecular flexibility index (Phi) is 4.84. The van der Waals surface area contributed by atoms with E-state index in [4.69, 9.17) is 9.05 Å². The molecular weight excluding hydrogens is 282 g/mol. The van der Waals surface area contributed by atoms with E-state index >= 15 is 0 Å². The minimum atomic E-state index is 0.461. The number of aromatic nitrogens is 3. The fourth-order valence-corrected chi connectivity index (χ4v) is 2.81. The fourth-order valence-electron chi connectivity index (χ4n) is 2.81. The van der Waals surface area contributed by atoms with E-state index in [1.807, 2.05) is 19.9 Å². The van der Waals surface area contributed by atoms with Crippen molar-refractivity contribution in [2.75, 3.05) is 13.1 Å². The molecule has 2 aromatic rings. The van der Waals surface area contributed by atoms with Crippen molar-refractivity contribution in [1.82, 2.24) is 25.5 Å². The van der Waals surface area contributed by atoms with Crippen LogP contribution < -0.4 is 5.32 Å². The van der Waals surface area contributed by atoms with E-state index in [0.717, 1.165) is 49.9 Å². The lowest BCUT2D eigenvalue weighted by Gasteiger charge is -2.32. The molecule has 0 saturated carbocycles. The first-order valence-corrected chi connectivity index (χ1v) is 7.92. The largest absolute Gasteiger partial charge is 0.361 e. The Morgan fingerprint density at radius 3 is 3.00 bits per heavy atom. The van der Waals surface area contributed by atoms with E-state index in [0.29, 0.717) is 11.9 Å². The molecule has 1 aliphatic rings. The van der Waals surface area contributed by atoms with Crippen LogP contribution in [-0.2, 0) is 19.5 Å². The van der Waals surface area contributed by atoms with Gasteiger partial charge in [0.15, 0.2) is 5.82 Å². The summed E-state index contributed by atoms with van der Waals surface area (Å²) in [6.07, 6.45) is 3.14. The maximum absolute atomic E-state index is 5.17. The van der Waals surface area contributed by atoms with Crippen molar-refractivity contribution in [3.8, 4) is 0 Å². The zero-order valence-corrected chi connectivity index (χ0v) is 13.2.